The van der Waals surface area contributed by atoms with Crippen molar-refractivity contribution in [1.29, 1.82) is 0 Å². The van der Waals surface area contributed by atoms with E-state index in [1.807, 2.05) is 0 Å². The van der Waals surface area contributed by atoms with Crippen molar-refractivity contribution < 1.29 is 18.8 Å². The molecule has 1 aromatic heterocycles. The van der Waals surface area contributed by atoms with Gasteiger partial charge in [0.05, 0.1) is 32.4 Å². The molecule has 0 radical (unpaired) electrons. The molecule has 0 unspecified atom stereocenters. The molecule has 0 bridgehead atoms. The van der Waals surface area contributed by atoms with E-state index in [-0.39, 0.29) is 5.88 Å². The van der Waals surface area contributed by atoms with Crippen LogP contribution in [-0.4, -0.2) is 38.4 Å². The van der Waals surface area contributed by atoms with Crippen LogP contribution in [0.3, 0.4) is 0 Å². The zero-order valence-electron chi connectivity index (χ0n) is 9.68. The van der Waals surface area contributed by atoms with Crippen molar-refractivity contribution in [3.05, 3.63) is 28.0 Å². The number of nitrogens with one attached hydrogen (secondary N) is 1. The SMILES string of the molecule is COCCOCCNCc1ccc([N+](=O)[O-])o1. The van der Waals surface area contributed by atoms with Gasteiger partial charge >= 0.3 is 5.88 Å². The molecule has 0 saturated carbocycles. The first-order valence-electron chi connectivity index (χ1n) is 5.24. The zero-order chi connectivity index (χ0) is 12.5. The molecule has 17 heavy (non-hydrogen) atoms. The number of furan rings is 1. The first kappa shape index (κ1) is 13.6. The van der Waals surface area contributed by atoms with Crippen molar-refractivity contribution in [3.63, 3.8) is 0 Å². The summed E-state index contributed by atoms with van der Waals surface area (Å²) in [7, 11) is 1.62. The lowest BCUT2D eigenvalue weighted by Gasteiger charge is -2.04. The highest BCUT2D eigenvalue weighted by Gasteiger charge is 2.10. The number of hydrogen-bond donors (Lipinski definition) is 1. The maximum Gasteiger partial charge on any atom is 0.433 e. The second kappa shape index (κ2) is 7.77. The van der Waals surface area contributed by atoms with Gasteiger partial charge in [0.2, 0.25) is 0 Å². The molecule has 96 valence electrons. The normalized spacial score (nSPS) is 10.6. The van der Waals surface area contributed by atoms with Crippen molar-refractivity contribution in [2.45, 2.75) is 6.54 Å². The Hall–Kier alpha value is -1.44. The van der Waals surface area contributed by atoms with E-state index in [0.29, 0.717) is 38.7 Å². The van der Waals surface area contributed by atoms with E-state index in [9.17, 15) is 10.1 Å². The Bertz CT molecular complexity index is 339. The third-order valence-corrected chi connectivity index (χ3v) is 1.98. The van der Waals surface area contributed by atoms with E-state index in [4.69, 9.17) is 13.9 Å². The summed E-state index contributed by atoms with van der Waals surface area (Å²) in [6.07, 6.45) is 0. The molecule has 0 atom stereocenters. The number of nitrogens with zero attached hydrogens (tertiary/aromatic N) is 1. The molecule has 7 heteroatoms. The molecule has 0 amide bonds. The van der Waals surface area contributed by atoms with E-state index in [0.717, 1.165) is 0 Å². The molecule has 0 saturated heterocycles. The smallest absolute Gasteiger partial charge is 0.404 e. The molecule has 1 rings (SSSR count). The molecular formula is C10H16N2O5. The monoisotopic (exact) mass is 244 g/mol. The van der Waals surface area contributed by atoms with Crippen LogP contribution in [-0.2, 0) is 16.0 Å². The fraction of sp³-hybridized carbons (Fsp3) is 0.600. The van der Waals surface area contributed by atoms with E-state index in [1.54, 1.807) is 13.2 Å². The molecule has 0 aliphatic carbocycles. The molecule has 0 fully saturated rings. The zero-order valence-corrected chi connectivity index (χ0v) is 9.68. The van der Waals surface area contributed by atoms with Crippen LogP contribution in [0, 0.1) is 10.1 Å². The minimum absolute atomic E-state index is 0.238. The molecule has 0 spiro atoms. The molecule has 7 nitrogen and oxygen atoms in total. The maximum absolute atomic E-state index is 10.4. The van der Waals surface area contributed by atoms with Gasteiger partial charge in [-0.2, -0.15) is 0 Å². The summed E-state index contributed by atoms with van der Waals surface area (Å²) < 4.78 is 15.0. The van der Waals surface area contributed by atoms with Crippen molar-refractivity contribution >= 4 is 5.88 Å². The fourth-order valence-corrected chi connectivity index (χ4v) is 1.16. The largest absolute Gasteiger partial charge is 0.433 e. The molecule has 1 N–H and O–H groups in total. The Morgan fingerprint density at radius 1 is 1.41 bits per heavy atom. The maximum atomic E-state index is 10.4. The molecular weight excluding hydrogens is 228 g/mol. The Kier molecular flexibility index (Phi) is 6.23. The van der Waals surface area contributed by atoms with Gasteiger partial charge in [-0.25, -0.2) is 0 Å². The summed E-state index contributed by atoms with van der Waals surface area (Å²) in [4.78, 5) is 9.79. The third-order valence-electron chi connectivity index (χ3n) is 1.98. The van der Waals surface area contributed by atoms with E-state index >= 15 is 0 Å². The number of rotatable bonds is 9. The summed E-state index contributed by atoms with van der Waals surface area (Å²) in [5.41, 5.74) is 0. The van der Waals surface area contributed by atoms with E-state index in [1.165, 1.54) is 6.07 Å². The Morgan fingerprint density at radius 2 is 2.24 bits per heavy atom. The summed E-state index contributed by atoms with van der Waals surface area (Å²) in [5, 5.41) is 13.4. The summed E-state index contributed by atoms with van der Waals surface area (Å²) in [5.74, 6) is 0.298. The molecule has 1 heterocycles. The fourth-order valence-electron chi connectivity index (χ4n) is 1.16. The van der Waals surface area contributed by atoms with Gasteiger partial charge in [-0.3, -0.25) is 10.1 Å². The van der Waals surface area contributed by atoms with Gasteiger partial charge in [0.1, 0.15) is 10.7 Å². The van der Waals surface area contributed by atoms with Crippen LogP contribution in [0.1, 0.15) is 5.76 Å². The van der Waals surface area contributed by atoms with Gasteiger partial charge in [0.25, 0.3) is 0 Å². The van der Waals surface area contributed by atoms with Crippen LogP contribution in [0.15, 0.2) is 16.5 Å². The average molecular weight is 244 g/mol. The van der Waals surface area contributed by atoms with Crippen LogP contribution in [0.5, 0.6) is 0 Å². The van der Waals surface area contributed by atoms with E-state index in [2.05, 4.69) is 5.32 Å². The number of ether oxygens (including phenoxy) is 2. The summed E-state index contributed by atoms with van der Waals surface area (Å²) in [6, 6.07) is 2.92. The molecule has 0 aliphatic heterocycles. The van der Waals surface area contributed by atoms with E-state index < -0.39 is 4.92 Å². The quantitative estimate of drug-likeness (QED) is 0.395. The van der Waals surface area contributed by atoms with Gasteiger partial charge in [0, 0.05) is 13.7 Å². The minimum atomic E-state index is -0.558. The number of methoxy groups -OCH3 is 1. The van der Waals surface area contributed by atoms with Crippen LogP contribution < -0.4 is 5.32 Å². The van der Waals surface area contributed by atoms with Crippen molar-refractivity contribution in [3.8, 4) is 0 Å². The Balaban J connectivity index is 2.07. The Labute approximate surface area is 98.8 Å². The topological polar surface area (TPSA) is 86.8 Å². The Morgan fingerprint density at radius 3 is 2.88 bits per heavy atom. The lowest BCUT2D eigenvalue weighted by atomic mass is 10.4. The predicted molar refractivity (Wildman–Crippen MR) is 59.8 cm³/mol. The first-order chi connectivity index (χ1) is 8.24. The van der Waals surface area contributed by atoms with Gasteiger partial charge < -0.3 is 19.2 Å². The van der Waals surface area contributed by atoms with Crippen LogP contribution in [0.4, 0.5) is 5.88 Å². The second-order valence-electron chi connectivity index (χ2n) is 3.28. The van der Waals surface area contributed by atoms with Crippen molar-refractivity contribution in [2.75, 3.05) is 33.5 Å². The number of nitro groups is 1. The highest BCUT2D eigenvalue weighted by molar-refractivity contribution is 5.17. The lowest BCUT2D eigenvalue weighted by Crippen LogP contribution is -2.19. The molecule has 0 aromatic carbocycles. The van der Waals surface area contributed by atoms with Crippen molar-refractivity contribution in [2.24, 2.45) is 0 Å². The van der Waals surface area contributed by atoms with Gasteiger partial charge in [-0.1, -0.05) is 0 Å². The summed E-state index contributed by atoms with van der Waals surface area (Å²) >= 11 is 0. The average Bonchev–Trinajstić information content (AvgIpc) is 2.77. The molecule has 1 aromatic rings. The minimum Gasteiger partial charge on any atom is -0.404 e. The van der Waals surface area contributed by atoms with Crippen LogP contribution >= 0.6 is 0 Å². The van der Waals surface area contributed by atoms with Crippen LogP contribution in [0.25, 0.3) is 0 Å². The third kappa shape index (κ3) is 5.43. The van der Waals surface area contributed by atoms with Gasteiger partial charge in [-0.15, -0.1) is 0 Å². The highest BCUT2D eigenvalue weighted by Crippen LogP contribution is 2.14. The van der Waals surface area contributed by atoms with Gasteiger partial charge in [0.15, 0.2) is 0 Å². The standard InChI is InChI=1S/C10H16N2O5/c1-15-6-7-16-5-4-11-8-9-2-3-10(17-9)12(13)14/h2-3,11H,4-8H2,1H3. The predicted octanol–water partition coefficient (Wildman–Crippen LogP) is 0.940. The van der Waals surface area contributed by atoms with Crippen LogP contribution in [0.2, 0.25) is 0 Å². The summed E-state index contributed by atoms with van der Waals surface area (Å²) in [6.45, 7) is 2.79. The second-order valence-corrected chi connectivity index (χ2v) is 3.28. The highest BCUT2D eigenvalue weighted by atomic mass is 16.6. The molecule has 0 aliphatic rings. The van der Waals surface area contributed by atoms with Crippen molar-refractivity contribution in [1.82, 2.24) is 5.32 Å². The number of hydrogen-bond acceptors (Lipinski definition) is 6. The lowest BCUT2D eigenvalue weighted by molar-refractivity contribution is -0.402. The van der Waals surface area contributed by atoms with Gasteiger partial charge in [-0.05, 0) is 6.07 Å². The first-order valence-corrected chi connectivity index (χ1v) is 5.24.